The molecule has 3 aromatic rings. The summed E-state index contributed by atoms with van der Waals surface area (Å²) >= 11 is 2.96. The highest BCUT2D eigenvalue weighted by atomic mass is 32.1. The minimum Gasteiger partial charge on any atom is -0.358 e. The molecule has 0 saturated carbocycles. The van der Waals surface area contributed by atoms with Crippen LogP contribution in [0.1, 0.15) is 16.8 Å². The Morgan fingerprint density at radius 2 is 2.40 bits per heavy atom. The van der Waals surface area contributed by atoms with Crippen molar-refractivity contribution in [2.75, 3.05) is 5.32 Å². The fourth-order valence-electron chi connectivity index (χ4n) is 1.82. The number of nitrogens with one attached hydrogen (secondary N) is 1. The molecule has 0 bridgehead atoms. The van der Waals surface area contributed by atoms with Gasteiger partial charge in [0.15, 0.2) is 0 Å². The zero-order valence-electron chi connectivity index (χ0n) is 10.6. The van der Waals surface area contributed by atoms with Gasteiger partial charge in [0, 0.05) is 16.5 Å². The van der Waals surface area contributed by atoms with Gasteiger partial charge in [0.05, 0.1) is 6.54 Å². The SMILES string of the molecule is CCc1cnc(CNc2nc3sccn3c2[N+](=O)[O-])s1. The van der Waals surface area contributed by atoms with Crippen LogP contribution in [0.15, 0.2) is 17.8 Å². The molecular weight excluding hydrogens is 298 g/mol. The maximum atomic E-state index is 11.2. The molecule has 0 radical (unpaired) electrons. The number of nitrogens with zero attached hydrogens (tertiary/aromatic N) is 4. The molecule has 0 aliphatic rings. The smallest absolute Gasteiger partial charge is 0.358 e. The van der Waals surface area contributed by atoms with Crippen molar-refractivity contribution in [3.05, 3.63) is 37.8 Å². The van der Waals surface area contributed by atoms with E-state index in [0.29, 0.717) is 11.5 Å². The average Bonchev–Trinajstić information content (AvgIpc) is 3.10. The van der Waals surface area contributed by atoms with Gasteiger partial charge in [-0.2, -0.15) is 9.38 Å². The van der Waals surface area contributed by atoms with Crippen LogP contribution < -0.4 is 5.32 Å². The Balaban J connectivity index is 1.84. The molecule has 0 aromatic carbocycles. The largest absolute Gasteiger partial charge is 0.372 e. The first-order valence-corrected chi connectivity index (χ1v) is 7.66. The topological polar surface area (TPSA) is 85.4 Å². The molecule has 0 atom stereocenters. The van der Waals surface area contributed by atoms with Crippen molar-refractivity contribution in [2.24, 2.45) is 0 Å². The second-order valence-electron chi connectivity index (χ2n) is 4.02. The Morgan fingerprint density at radius 3 is 3.10 bits per heavy atom. The number of rotatable bonds is 5. The first-order valence-electron chi connectivity index (χ1n) is 5.96. The zero-order valence-corrected chi connectivity index (χ0v) is 12.2. The monoisotopic (exact) mass is 309 g/mol. The lowest BCUT2D eigenvalue weighted by atomic mass is 10.4. The first kappa shape index (κ1) is 13.0. The predicted molar refractivity (Wildman–Crippen MR) is 78.5 cm³/mol. The molecule has 1 N–H and O–H groups in total. The van der Waals surface area contributed by atoms with E-state index >= 15 is 0 Å². The summed E-state index contributed by atoms with van der Waals surface area (Å²) in [4.78, 5) is 21.0. The Hall–Kier alpha value is -2.00. The van der Waals surface area contributed by atoms with Crippen LogP contribution in [-0.4, -0.2) is 19.3 Å². The number of hydrogen-bond acceptors (Lipinski definition) is 7. The summed E-state index contributed by atoms with van der Waals surface area (Å²) in [5.41, 5.74) is 0. The van der Waals surface area contributed by atoms with E-state index in [0.717, 1.165) is 11.4 Å². The van der Waals surface area contributed by atoms with Crippen LogP contribution in [0.5, 0.6) is 0 Å². The summed E-state index contributed by atoms with van der Waals surface area (Å²) in [5.74, 6) is 0.253. The van der Waals surface area contributed by atoms with Crippen molar-refractivity contribution in [2.45, 2.75) is 19.9 Å². The molecular formula is C11H11N5O2S2. The second-order valence-corrected chi connectivity index (χ2v) is 6.10. The van der Waals surface area contributed by atoms with Gasteiger partial charge in [-0.3, -0.25) is 0 Å². The quantitative estimate of drug-likeness (QED) is 0.578. The molecule has 3 rings (SSSR count). The van der Waals surface area contributed by atoms with E-state index in [-0.39, 0.29) is 11.6 Å². The van der Waals surface area contributed by atoms with E-state index in [1.807, 2.05) is 6.20 Å². The second kappa shape index (κ2) is 5.17. The lowest BCUT2D eigenvalue weighted by Crippen LogP contribution is -2.02. The van der Waals surface area contributed by atoms with Gasteiger partial charge >= 0.3 is 5.82 Å². The van der Waals surface area contributed by atoms with Crippen molar-refractivity contribution >= 4 is 39.3 Å². The number of aromatic nitrogens is 3. The van der Waals surface area contributed by atoms with Gasteiger partial charge in [0.25, 0.3) is 4.96 Å². The normalized spacial score (nSPS) is 11.1. The molecule has 0 spiro atoms. The van der Waals surface area contributed by atoms with Crippen molar-refractivity contribution < 1.29 is 4.92 Å². The summed E-state index contributed by atoms with van der Waals surface area (Å²) in [6, 6.07) is 0. The molecule has 9 heteroatoms. The number of aryl methyl sites for hydroxylation is 1. The van der Waals surface area contributed by atoms with Gasteiger partial charge in [-0.1, -0.05) is 18.3 Å². The highest BCUT2D eigenvalue weighted by molar-refractivity contribution is 7.15. The van der Waals surface area contributed by atoms with Crippen molar-refractivity contribution in [3.8, 4) is 0 Å². The Kier molecular flexibility index (Phi) is 3.36. The average molecular weight is 309 g/mol. The lowest BCUT2D eigenvalue weighted by Gasteiger charge is -2.00. The van der Waals surface area contributed by atoms with E-state index in [1.54, 1.807) is 22.9 Å². The Morgan fingerprint density at radius 1 is 1.55 bits per heavy atom. The molecule has 0 amide bonds. The Bertz CT molecular complexity index is 760. The third-order valence-electron chi connectivity index (χ3n) is 2.77. The number of anilines is 1. The van der Waals surface area contributed by atoms with Gasteiger partial charge in [-0.25, -0.2) is 4.98 Å². The third-order valence-corrected chi connectivity index (χ3v) is 4.67. The van der Waals surface area contributed by atoms with Gasteiger partial charge in [-0.15, -0.1) is 11.3 Å². The third kappa shape index (κ3) is 2.25. The van der Waals surface area contributed by atoms with Gasteiger partial charge in [-0.05, 0) is 11.3 Å². The van der Waals surface area contributed by atoms with Gasteiger partial charge < -0.3 is 15.4 Å². The molecule has 0 fully saturated rings. The fourth-order valence-corrected chi connectivity index (χ4v) is 3.33. The molecule has 0 unspecified atom stereocenters. The maximum absolute atomic E-state index is 11.2. The van der Waals surface area contributed by atoms with Crippen LogP contribution in [0.3, 0.4) is 0 Å². The number of nitro groups is 1. The molecule has 7 nitrogen and oxygen atoms in total. The highest BCUT2D eigenvalue weighted by Gasteiger charge is 2.23. The zero-order chi connectivity index (χ0) is 14.1. The van der Waals surface area contributed by atoms with Crippen LogP contribution in [0.4, 0.5) is 11.6 Å². The van der Waals surface area contributed by atoms with E-state index in [9.17, 15) is 10.1 Å². The van der Waals surface area contributed by atoms with Crippen LogP contribution in [0.2, 0.25) is 0 Å². The van der Waals surface area contributed by atoms with E-state index in [2.05, 4.69) is 22.2 Å². The number of fused-ring (bicyclic) bond motifs is 1. The van der Waals surface area contributed by atoms with Crippen molar-refractivity contribution in [3.63, 3.8) is 0 Å². The molecule has 0 saturated heterocycles. The maximum Gasteiger partial charge on any atom is 0.372 e. The molecule has 0 aliphatic carbocycles. The number of imidazole rings is 1. The van der Waals surface area contributed by atoms with E-state index in [4.69, 9.17) is 0 Å². The van der Waals surface area contributed by atoms with E-state index in [1.165, 1.54) is 20.6 Å². The van der Waals surface area contributed by atoms with Crippen molar-refractivity contribution in [1.29, 1.82) is 0 Å². The summed E-state index contributed by atoms with van der Waals surface area (Å²) in [6.45, 7) is 2.51. The van der Waals surface area contributed by atoms with Crippen molar-refractivity contribution in [1.82, 2.24) is 14.4 Å². The highest BCUT2D eigenvalue weighted by Crippen LogP contribution is 2.28. The molecule has 0 aliphatic heterocycles. The summed E-state index contributed by atoms with van der Waals surface area (Å²) in [5, 5.41) is 16.8. The van der Waals surface area contributed by atoms with E-state index < -0.39 is 4.92 Å². The fraction of sp³-hybridized carbons (Fsp3) is 0.273. The van der Waals surface area contributed by atoms with Crippen LogP contribution >= 0.6 is 22.7 Å². The summed E-state index contributed by atoms with van der Waals surface area (Å²) in [7, 11) is 0. The summed E-state index contributed by atoms with van der Waals surface area (Å²) < 4.78 is 1.48. The summed E-state index contributed by atoms with van der Waals surface area (Å²) in [6.07, 6.45) is 4.43. The number of hydrogen-bond donors (Lipinski definition) is 1. The minimum atomic E-state index is -0.422. The number of thiazole rings is 2. The first-order chi connectivity index (χ1) is 9.69. The molecule has 3 aromatic heterocycles. The van der Waals surface area contributed by atoms with Gasteiger partial charge in [0.2, 0.25) is 5.82 Å². The predicted octanol–water partition coefficient (Wildman–Crippen LogP) is 2.94. The van der Waals surface area contributed by atoms with Gasteiger partial charge in [0.1, 0.15) is 11.2 Å². The lowest BCUT2D eigenvalue weighted by molar-refractivity contribution is -0.389. The van der Waals surface area contributed by atoms with Crippen LogP contribution in [-0.2, 0) is 13.0 Å². The van der Waals surface area contributed by atoms with Crippen LogP contribution in [0, 0.1) is 10.1 Å². The Labute approximate surface area is 122 Å². The molecule has 3 heterocycles. The minimum absolute atomic E-state index is 0.0338. The molecule has 20 heavy (non-hydrogen) atoms. The van der Waals surface area contributed by atoms with Crippen LogP contribution in [0.25, 0.3) is 4.96 Å². The molecule has 104 valence electrons. The standard InChI is InChI=1S/C11H11N5O2S2/c1-2-7-5-12-8(20-7)6-13-9-10(16(17)18)15-3-4-19-11(15)14-9/h3-5,13H,2,6H2,1H3.